The van der Waals surface area contributed by atoms with Gasteiger partial charge in [-0.2, -0.15) is 0 Å². The van der Waals surface area contributed by atoms with Crippen molar-refractivity contribution in [1.29, 1.82) is 0 Å². The number of nitrogens with zero attached hydrogens (tertiary/aromatic N) is 3. The molecule has 0 aromatic carbocycles. The molecular weight excluding hydrogens is 416 g/mol. The Morgan fingerprint density at radius 2 is 1.72 bits per heavy atom. The molecule has 1 unspecified atom stereocenters. The van der Waals surface area contributed by atoms with E-state index in [4.69, 9.17) is 24.5 Å². The van der Waals surface area contributed by atoms with Gasteiger partial charge in [-0.15, -0.1) is 0 Å². The predicted octanol–water partition coefficient (Wildman–Crippen LogP) is 4.13. The third kappa shape index (κ3) is 21.4. The van der Waals surface area contributed by atoms with Crippen molar-refractivity contribution in [3.63, 3.8) is 0 Å². The van der Waals surface area contributed by atoms with Crippen LogP contribution in [0.4, 0.5) is 0 Å². The summed E-state index contributed by atoms with van der Waals surface area (Å²) in [5, 5.41) is 6.44. The van der Waals surface area contributed by atoms with E-state index in [1.807, 2.05) is 0 Å². The first-order valence-corrected chi connectivity index (χ1v) is 11.2. The number of carbonyl (C=O) groups excluding carboxylic acids is 2. The highest BCUT2D eigenvalue weighted by molar-refractivity contribution is 5.75. The third-order valence-electron chi connectivity index (χ3n) is 3.99. The Bertz CT molecular complexity index is 580. The first-order valence-electron chi connectivity index (χ1n) is 11.2. The molecule has 1 N–H and O–H groups in total. The molecule has 0 aliphatic carbocycles. The number of hydrogen-bond donors (Lipinski definition) is 1. The minimum Gasteiger partial charge on any atom is -0.458 e. The van der Waals surface area contributed by atoms with Crippen LogP contribution in [0, 0.1) is 5.41 Å². The van der Waals surface area contributed by atoms with E-state index in [1.54, 1.807) is 20.8 Å². The van der Waals surface area contributed by atoms with Crippen molar-refractivity contribution in [1.82, 2.24) is 5.32 Å². The molecule has 0 rings (SSSR count). The molecule has 0 aliphatic rings. The number of ether oxygens (including phenoxy) is 4. The van der Waals surface area contributed by atoms with Gasteiger partial charge in [0.15, 0.2) is 6.23 Å². The largest absolute Gasteiger partial charge is 0.458 e. The SMILES string of the molecule is CC(C)(C)CCCCNC(=O)CCCOCC(N=[N+]=[N-])OCCOCC(=O)OC(C)(C)C. The molecule has 0 aromatic heterocycles. The molecule has 1 amide bonds. The molecule has 10 nitrogen and oxygen atoms in total. The Balaban J connectivity index is 3.79. The van der Waals surface area contributed by atoms with Crippen LogP contribution in [0.15, 0.2) is 5.11 Å². The molecule has 0 spiro atoms. The van der Waals surface area contributed by atoms with Gasteiger partial charge in [-0.3, -0.25) is 4.79 Å². The topological polar surface area (TPSA) is 132 Å². The number of hydrogen-bond acceptors (Lipinski definition) is 7. The van der Waals surface area contributed by atoms with E-state index in [0.29, 0.717) is 31.4 Å². The van der Waals surface area contributed by atoms with Gasteiger partial charge < -0.3 is 24.3 Å². The predicted molar refractivity (Wildman–Crippen MR) is 122 cm³/mol. The average Bonchev–Trinajstić information content (AvgIpc) is 2.64. The molecule has 0 heterocycles. The zero-order valence-electron chi connectivity index (χ0n) is 20.6. The molecule has 0 bridgehead atoms. The fourth-order valence-corrected chi connectivity index (χ4v) is 2.56. The van der Waals surface area contributed by atoms with Crippen LogP contribution in [0.2, 0.25) is 0 Å². The van der Waals surface area contributed by atoms with Gasteiger partial charge in [-0.25, -0.2) is 4.79 Å². The molecule has 0 fully saturated rings. The molecule has 0 radical (unpaired) electrons. The summed E-state index contributed by atoms with van der Waals surface area (Å²) in [6.07, 6.45) is 3.36. The lowest BCUT2D eigenvalue weighted by atomic mass is 9.90. The van der Waals surface area contributed by atoms with Gasteiger partial charge in [0.05, 0.1) is 19.8 Å². The number of unbranched alkanes of at least 4 members (excludes halogenated alkanes) is 1. The van der Waals surface area contributed by atoms with E-state index in [9.17, 15) is 9.59 Å². The standard InChI is InChI=1S/C22H42N4O6/c1-21(2,3)11-7-8-12-24-18(27)10-9-13-29-16-19(25-26-23)31-15-14-30-17-20(28)32-22(4,5)6/h19H,7-17H2,1-6H3,(H,24,27). The number of azide groups is 1. The summed E-state index contributed by atoms with van der Waals surface area (Å²) in [6.45, 7) is 13.2. The summed E-state index contributed by atoms with van der Waals surface area (Å²) in [4.78, 5) is 26.1. The van der Waals surface area contributed by atoms with Gasteiger partial charge in [-0.1, -0.05) is 32.3 Å². The number of nitrogens with one attached hydrogen (secondary N) is 1. The average molecular weight is 459 g/mol. The van der Waals surface area contributed by atoms with Crippen LogP contribution in [-0.2, 0) is 28.5 Å². The fraction of sp³-hybridized carbons (Fsp3) is 0.909. The van der Waals surface area contributed by atoms with Gasteiger partial charge in [0.25, 0.3) is 0 Å². The Morgan fingerprint density at radius 3 is 2.34 bits per heavy atom. The minimum atomic E-state index is -0.804. The molecule has 32 heavy (non-hydrogen) atoms. The molecule has 0 aromatic rings. The van der Waals surface area contributed by atoms with E-state index in [-0.39, 0.29) is 32.3 Å². The van der Waals surface area contributed by atoms with Crippen LogP contribution < -0.4 is 5.32 Å². The summed E-state index contributed by atoms with van der Waals surface area (Å²) in [5.41, 5.74) is 8.40. The number of esters is 1. The van der Waals surface area contributed by atoms with Crippen LogP contribution in [0.5, 0.6) is 0 Å². The summed E-state index contributed by atoms with van der Waals surface area (Å²) in [5.74, 6) is -0.448. The second-order valence-corrected chi connectivity index (χ2v) is 9.72. The lowest BCUT2D eigenvalue weighted by Crippen LogP contribution is -2.27. The molecular formula is C22H42N4O6. The monoisotopic (exact) mass is 458 g/mol. The number of rotatable bonds is 17. The third-order valence-corrected chi connectivity index (χ3v) is 3.99. The lowest BCUT2D eigenvalue weighted by Gasteiger charge is -2.19. The maximum atomic E-state index is 11.8. The fourth-order valence-electron chi connectivity index (χ4n) is 2.56. The zero-order chi connectivity index (χ0) is 24.5. The summed E-state index contributed by atoms with van der Waals surface area (Å²) in [7, 11) is 0. The Kier molecular flexibility index (Phi) is 15.7. The van der Waals surface area contributed by atoms with Gasteiger partial charge in [0.2, 0.25) is 5.91 Å². The van der Waals surface area contributed by atoms with Crippen molar-refractivity contribution in [2.45, 2.75) is 85.5 Å². The quantitative estimate of drug-likeness (QED) is 0.115. The van der Waals surface area contributed by atoms with Crippen LogP contribution >= 0.6 is 0 Å². The molecule has 10 heteroatoms. The smallest absolute Gasteiger partial charge is 0.332 e. The summed E-state index contributed by atoms with van der Waals surface area (Å²) in [6, 6.07) is 0. The highest BCUT2D eigenvalue weighted by atomic mass is 16.6. The van der Waals surface area contributed by atoms with Crippen LogP contribution in [0.3, 0.4) is 0 Å². The lowest BCUT2D eigenvalue weighted by molar-refractivity contribution is -0.161. The van der Waals surface area contributed by atoms with E-state index in [1.165, 1.54) is 0 Å². The second-order valence-electron chi connectivity index (χ2n) is 9.72. The van der Waals surface area contributed by atoms with Gasteiger partial charge in [0.1, 0.15) is 12.2 Å². The van der Waals surface area contributed by atoms with Gasteiger partial charge in [-0.05, 0) is 51.0 Å². The van der Waals surface area contributed by atoms with Crippen LogP contribution in [-0.4, -0.2) is 63.3 Å². The molecule has 0 saturated carbocycles. The highest BCUT2D eigenvalue weighted by Crippen LogP contribution is 2.21. The Morgan fingerprint density at radius 1 is 1.00 bits per heavy atom. The number of amides is 1. The molecule has 186 valence electrons. The summed E-state index contributed by atoms with van der Waals surface area (Å²) < 4.78 is 21.1. The Labute approximate surface area is 192 Å². The first-order chi connectivity index (χ1) is 14.9. The molecule has 0 saturated heterocycles. The van der Waals surface area contributed by atoms with Crippen molar-refractivity contribution >= 4 is 11.9 Å². The van der Waals surface area contributed by atoms with Crippen LogP contribution in [0.1, 0.15) is 73.6 Å². The van der Waals surface area contributed by atoms with Crippen LogP contribution in [0.25, 0.3) is 10.4 Å². The first kappa shape index (κ1) is 30.1. The highest BCUT2D eigenvalue weighted by Gasteiger charge is 2.16. The maximum absolute atomic E-state index is 11.8. The van der Waals surface area contributed by atoms with Gasteiger partial charge >= 0.3 is 5.97 Å². The number of carbonyl (C=O) groups is 2. The van der Waals surface area contributed by atoms with Gasteiger partial charge in [0, 0.05) is 24.5 Å². The van der Waals surface area contributed by atoms with E-state index in [0.717, 1.165) is 19.3 Å². The van der Waals surface area contributed by atoms with E-state index < -0.39 is 17.8 Å². The maximum Gasteiger partial charge on any atom is 0.332 e. The molecule has 0 aliphatic heterocycles. The van der Waals surface area contributed by atoms with E-state index >= 15 is 0 Å². The van der Waals surface area contributed by atoms with Crippen molar-refractivity contribution in [2.75, 3.05) is 39.6 Å². The molecule has 1 atom stereocenters. The van der Waals surface area contributed by atoms with E-state index in [2.05, 4.69) is 36.1 Å². The Hall–Kier alpha value is -1.87. The van der Waals surface area contributed by atoms with Crippen molar-refractivity contribution in [3.05, 3.63) is 10.4 Å². The normalized spacial score (nSPS) is 12.7. The van der Waals surface area contributed by atoms with Crippen molar-refractivity contribution in [3.8, 4) is 0 Å². The second kappa shape index (κ2) is 16.7. The zero-order valence-corrected chi connectivity index (χ0v) is 20.6. The van der Waals surface area contributed by atoms with Crippen molar-refractivity contribution in [2.24, 2.45) is 10.5 Å². The minimum absolute atomic E-state index is 0.00865. The van der Waals surface area contributed by atoms with Crippen molar-refractivity contribution < 1.29 is 28.5 Å². The summed E-state index contributed by atoms with van der Waals surface area (Å²) >= 11 is 0.